The Hall–Kier alpha value is -4.86. The van der Waals surface area contributed by atoms with Crippen molar-refractivity contribution in [2.24, 2.45) is 0 Å². The Morgan fingerprint density at radius 1 is 1.16 bits per heavy atom. The van der Waals surface area contributed by atoms with Crippen molar-refractivity contribution in [3.63, 3.8) is 0 Å². The van der Waals surface area contributed by atoms with Gasteiger partial charge in [0.25, 0.3) is 5.69 Å². The molecule has 2 aromatic heterocycles. The van der Waals surface area contributed by atoms with Crippen molar-refractivity contribution in [1.29, 1.82) is 0 Å². The Balaban J connectivity index is 1.78. The Morgan fingerprint density at radius 3 is 2.58 bits per heavy atom. The van der Waals surface area contributed by atoms with Crippen LogP contribution in [0.3, 0.4) is 0 Å². The van der Waals surface area contributed by atoms with Gasteiger partial charge in [-0.2, -0.15) is 0 Å². The van der Waals surface area contributed by atoms with Crippen LogP contribution < -0.4 is 5.32 Å². The maximum absolute atomic E-state index is 14.1. The fraction of sp³-hybridized carbons (Fsp3) is 0.179. The molecule has 0 saturated heterocycles. The van der Waals surface area contributed by atoms with Crippen molar-refractivity contribution >= 4 is 23.6 Å². The predicted octanol–water partition coefficient (Wildman–Crippen LogP) is 6.17. The van der Waals surface area contributed by atoms with Gasteiger partial charge in [0, 0.05) is 24.1 Å². The second-order valence-electron chi connectivity index (χ2n) is 9.37. The van der Waals surface area contributed by atoms with Crippen molar-refractivity contribution in [2.45, 2.75) is 32.8 Å². The van der Waals surface area contributed by atoms with Crippen LogP contribution >= 0.6 is 0 Å². The SMILES string of the molecule is CC(C)(C)OC(=O)/C(=C/c1ccco1)Nc1ncc(-c2cc(F)cc([N+](=O)[O-])c2)nc1Cc1ccccc1. The molecule has 0 fully saturated rings. The lowest BCUT2D eigenvalue weighted by atomic mass is 10.1. The van der Waals surface area contributed by atoms with E-state index < -0.39 is 28.0 Å². The lowest BCUT2D eigenvalue weighted by Gasteiger charge is -2.21. The molecule has 4 aromatic rings. The van der Waals surface area contributed by atoms with Crippen LogP contribution in [0.2, 0.25) is 0 Å². The van der Waals surface area contributed by atoms with Crippen LogP contribution in [0.25, 0.3) is 17.3 Å². The first-order valence-corrected chi connectivity index (χ1v) is 11.7. The van der Waals surface area contributed by atoms with Gasteiger partial charge in [-0.3, -0.25) is 10.1 Å². The van der Waals surface area contributed by atoms with E-state index in [1.165, 1.54) is 24.6 Å². The third-order valence-electron chi connectivity index (χ3n) is 5.15. The number of hydrogen-bond donors (Lipinski definition) is 1. The van der Waals surface area contributed by atoms with Crippen molar-refractivity contribution in [3.05, 3.63) is 112 Å². The number of anilines is 1. The Bertz CT molecular complexity index is 1480. The number of esters is 1. The van der Waals surface area contributed by atoms with Crippen LogP contribution in [-0.2, 0) is 16.0 Å². The molecule has 0 aliphatic rings. The quantitative estimate of drug-likeness (QED) is 0.128. The number of non-ortho nitro benzene ring substituents is 1. The van der Waals surface area contributed by atoms with Gasteiger partial charge in [-0.1, -0.05) is 30.3 Å². The first-order valence-electron chi connectivity index (χ1n) is 11.7. The minimum absolute atomic E-state index is 0.0626. The molecule has 2 heterocycles. The van der Waals surface area contributed by atoms with E-state index in [2.05, 4.69) is 15.3 Å². The molecule has 0 saturated carbocycles. The summed E-state index contributed by atoms with van der Waals surface area (Å²) >= 11 is 0. The van der Waals surface area contributed by atoms with Crippen molar-refractivity contribution in [3.8, 4) is 11.3 Å². The zero-order valence-electron chi connectivity index (χ0n) is 21.0. The molecule has 1 N–H and O–H groups in total. The van der Waals surface area contributed by atoms with Gasteiger partial charge in [0.2, 0.25) is 0 Å². The third-order valence-corrected chi connectivity index (χ3v) is 5.15. The lowest BCUT2D eigenvalue weighted by molar-refractivity contribution is -0.385. The highest BCUT2D eigenvalue weighted by molar-refractivity contribution is 5.96. The monoisotopic (exact) mass is 516 g/mol. The van der Waals surface area contributed by atoms with Gasteiger partial charge >= 0.3 is 5.97 Å². The second-order valence-corrected chi connectivity index (χ2v) is 9.37. The molecule has 4 rings (SSSR count). The number of ether oxygens (including phenoxy) is 1. The minimum atomic E-state index is -0.767. The maximum Gasteiger partial charge on any atom is 0.355 e. The minimum Gasteiger partial charge on any atom is -0.465 e. The lowest BCUT2D eigenvalue weighted by Crippen LogP contribution is -2.27. The van der Waals surface area contributed by atoms with Crippen LogP contribution in [-0.4, -0.2) is 26.5 Å². The molecule has 9 nitrogen and oxygen atoms in total. The average Bonchev–Trinajstić information content (AvgIpc) is 3.37. The van der Waals surface area contributed by atoms with Crippen LogP contribution in [0.5, 0.6) is 0 Å². The van der Waals surface area contributed by atoms with E-state index in [0.717, 1.165) is 17.7 Å². The number of carbonyl (C=O) groups excluding carboxylic acids is 1. The smallest absolute Gasteiger partial charge is 0.355 e. The van der Waals surface area contributed by atoms with Gasteiger partial charge in [-0.25, -0.2) is 19.2 Å². The fourth-order valence-corrected chi connectivity index (χ4v) is 3.53. The average molecular weight is 517 g/mol. The molecule has 194 valence electrons. The number of nitro benzene ring substituents is 1. The molecular weight excluding hydrogens is 491 g/mol. The number of carbonyl (C=O) groups is 1. The molecular formula is C28H25FN4O5. The normalized spacial score (nSPS) is 11.7. The van der Waals surface area contributed by atoms with Crippen molar-refractivity contribution in [1.82, 2.24) is 9.97 Å². The van der Waals surface area contributed by atoms with Crippen molar-refractivity contribution < 1.29 is 23.3 Å². The van der Waals surface area contributed by atoms with E-state index in [4.69, 9.17) is 9.15 Å². The molecule has 0 aliphatic heterocycles. The number of nitro groups is 1. The van der Waals surface area contributed by atoms with Gasteiger partial charge < -0.3 is 14.5 Å². The van der Waals surface area contributed by atoms with Crippen LogP contribution in [0, 0.1) is 15.9 Å². The molecule has 0 aliphatic carbocycles. The van der Waals surface area contributed by atoms with E-state index >= 15 is 0 Å². The summed E-state index contributed by atoms with van der Waals surface area (Å²) in [7, 11) is 0. The highest BCUT2D eigenvalue weighted by Crippen LogP contribution is 2.27. The molecule has 0 amide bonds. The molecule has 38 heavy (non-hydrogen) atoms. The summed E-state index contributed by atoms with van der Waals surface area (Å²) in [5, 5.41) is 14.3. The molecule has 0 atom stereocenters. The summed E-state index contributed by atoms with van der Waals surface area (Å²) in [6.07, 6.45) is 4.64. The Labute approximate surface area is 218 Å². The molecule has 2 aromatic carbocycles. The summed E-state index contributed by atoms with van der Waals surface area (Å²) in [5.74, 6) is -0.727. The van der Waals surface area contributed by atoms with E-state index in [1.807, 2.05) is 30.3 Å². The summed E-state index contributed by atoms with van der Waals surface area (Å²) in [6, 6.07) is 16.0. The van der Waals surface area contributed by atoms with Crippen LogP contribution in [0.4, 0.5) is 15.9 Å². The first kappa shape index (κ1) is 26.2. The largest absolute Gasteiger partial charge is 0.465 e. The van der Waals surface area contributed by atoms with Crippen LogP contribution in [0.15, 0.2) is 83.2 Å². The molecule has 0 bridgehead atoms. The number of aromatic nitrogens is 2. The number of hydrogen-bond acceptors (Lipinski definition) is 8. The molecule has 0 unspecified atom stereocenters. The van der Waals surface area contributed by atoms with E-state index in [0.29, 0.717) is 17.9 Å². The van der Waals surface area contributed by atoms with Gasteiger partial charge in [0.05, 0.1) is 34.8 Å². The van der Waals surface area contributed by atoms with E-state index in [1.54, 1.807) is 32.9 Å². The Morgan fingerprint density at radius 2 is 1.92 bits per heavy atom. The van der Waals surface area contributed by atoms with E-state index in [-0.39, 0.29) is 22.8 Å². The number of halogens is 1. The number of nitrogens with one attached hydrogen (secondary N) is 1. The topological polar surface area (TPSA) is 120 Å². The Kier molecular flexibility index (Phi) is 7.61. The van der Waals surface area contributed by atoms with E-state index in [9.17, 15) is 19.3 Å². The van der Waals surface area contributed by atoms with Gasteiger partial charge in [0.15, 0.2) is 5.82 Å². The maximum atomic E-state index is 14.1. The summed E-state index contributed by atoms with van der Waals surface area (Å²) in [5.41, 5.74) is 0.669. The highest BCUT2D eigenvalue weighted by atomic mass is 19.1. The number of rotatable bonds is 8. The standard InChI is InChI=1S/C28H25FN4O5/c1-28(2,3)38-27(34)24(16-22-10-7-11-37-22)32-26-23(12-18-8-5-4-6-9-18)31-25(17-30-26)19-13-20(29)15-21(14-19)33(35)36/h4-11,13-17H,12H2,1-3H3,(H,30,32)/b24-16-. The van der Waals surface area contributed by atoms with Gasteiger partial charge in [-0.15, -0.1) is 0 Å². The zero-order valence-corrected chi connectivity index (χ0v) is 21.0. The number of furan rings is 1. The fourth-order valence-electron chi connectivity index (χ4n) is 3.53. The number of benzene rings is 2. The first-order chi connectivity index (χ1) is 18.1. The summed E-state index contributed by atoms with van der Waals surface area (Å²) in [6.45, 7) is 5.26. The summed E-state index contributed by atoms with van der Waals surface area (Å²) in [4.78, 5) is 32.7. The van der Waals surface area contributed by atoms with Crippen LogP contribution in [0.1, 0.15) is 37.8 Å². The van der Waals surface area contributed by atoms with Crippen molar-refractivity contribution in [2.75, 3.05) is 5.32 Å². The molecule has 10 heteroatoms. The third kappa shape index (κ3) is 6.88. The predicted molar refractivity (Wildman–Crippen MR) is 139 cm³/mol. The zero-order chi connectivity index (χ0) is 27.3. The van der Waals surface area contributed by atoms with Gasteiger partial charge in [0.1, 0.15) is 22.9 Å². The summed E-state index contributed by atoms with van der Waals surface area (Å²) < 4.78 is 25.1. The molecule has 0 radical (unpaired) electrons. The number of nitrogens with zero attached hydrogens (tertiary/aromatic N) is 3. The van der Waals surface area contributed by atoms with Gasteiger partial charge in [-0.05, 0) is 44.5 Å². The second kappa shape index (κ2) is 11.0. The molecule has 0 spiro atoms. The highest BCUT2D eigenvalue weighted by Gasteiger charge is 2.23.